The predicted molar refractivity (Wildman–Crippen MR) is 67.0 cm³/mol. The second kappa shape index (κ2) is 3.72. The summed E-state index contributed by atoms with van der Waals surface area (Å²) in [7, 11) is 0. The zero-order chi connectivity index (χ0) is 11.0. The fraction of sp³-hybridized carbons (Fsp3) is 0. The van der Waals surface area contributed by atoms with Crippen LogP contribution in [0.25, 0.3) is 22.6 Å². The summed E-state index contributed by atoms with van der Waals surface area (Å²) >= 11 is 3.33. The van der Waals surface area contributed by atoms with Gasteiger partial charge < -0.3 is 4.98 Å². The summed E-state index contributed by atoms with van der Waals surface area (Å²) in [6.45, 7) is 0. The number of aromatic amines is 1. The Morgan fingerprint density at radius 3 is 2.56 bits per heavy atom. The SMILES string of the molecule is Brc1ccc2[nH]c(-c3ccccc3)nc2n1. The molecule has 2 aromatic heterocycles. The Bertz CT molecular complexity index is 631. The number of hydrogen-bond donors (Lipinski definition) is 1. The van der Waals surface area contributed by atoms with Crippen molar-refractivity contribution in [2.75, 3.05) is 0 Å². The van der Waals surface area contributed by atoms with E-state index >= 15 is 0 Å². The van der Waals surface area contributed by atoms with Crippen LogP contribution in [0.4, 0.5) is 0 Å². The van der Waals surface area contributed by atoms with Crippen LogP contribution in [0.2, 0.25) is 0 Å². The molecule has 0 spiro atoms. The maximum absolute atomic E-state index is 4.45. The largest absolute Gasteiger partial charge is 0.337 e. The first-order valence-electron chi connectivity index (χ1n) is 4.90. The van der Waals surface area contributed by atoms with E-state index in [9.17, 15) is 0 Å². The normalized spacial score (nSPS) is 10.8. The molecule has 3 aromatic rings. The smallest absolute Gasteiger partial charge is 0.179 e. The third-order valence-electron chi connectivity index (χ3n) is 2.36. The lowest BCUT2D eigenvalue weighted by Gasteiger charge is -1.92. The summed E-state index contributed by atoms with van der Waals surface area (Å²) in [4.78, 5) is 12.0. The number of rotatable bonds is 1. The monoisotopic (exact) mass is 273 g/mol. The van der Waals surface area contributed by atoms with E-state index < -0.39 is 0 Å². The van der Waals surface area contributed by atoms with E-state index in [0.717, 1.165) is 27.2 Å². The van der Waals surface area contributed by atoms with Crippen molar-refractivity contribution >= 4 is 27.1 Å². The topological polar surface area (TPSA) is 41.6 Å². The minimum absolute atomic E-state index is 0.730. The maximum atomic E-state index is 4.45. The molecule has 0 aliphatic rings. The molecule has 0 fully saturated rings. The maximum Gasteiger partial charge on any atom is 0.179 e. The average Bonchev–Trinajstić information content (AvgIpc) is 2.73. The van der Waals surface area contributed by atoms with Gasteiger partial charge in [0.2, 0.25) is 0 Å². The number of halogens is 1. The number of pyridine rings is 1. The van der Waals surface area contributed by atoms with Gasteiger partial charge >= 0.3 is 0 Å². The molecule has 0 saturated carbocycles. The van der Waals surface area contributed by atoms with Crippen LogP contribution in [0.15, 0.2) is 47.1 Å². The zero-order valence-electron chi connectivity index (χ0n) is 8.31. The summed E-state index contributed by atoms with van der Waals surface area (Å²) in [5.74, 6) is 0.848. The van der Waals surface area contributed by atoms with Gasteiger partial charge in [-0.2, -0.15) is 0 Å². The predicted octanol–water partition coefficient (Wildman–Crippen LogP) is 3.39. The third-order valence-corrected chi connectivity index (χ3v) is 2.80. The van der Waals surface area contributed by atoms with E-state index in [0.29, 0.717) is 0 Å². The molecule has 0 radical (unpaired) electrons. The summed E-state index contributed by atoms with van der Waals surface area (Å²) < 4.78 is 0.797. The van der Waals surface area contributed by atoms with Crippen molar-refractivity contribution in [2.24, 2.45) is 0 Å². The van der Waals surface area contributed by atoms with Crippen LogP contribution >= 0.6 is 15.9 Å². The van der Waals surface area contributed by atoms with E-state index in [2.05, 4.69) is 30.9 Å². The molecule has 78 valence electrons. The molecule has 3 rings (SSSR count). The number of H-pyrrole nitrogens is 1. The van der Waals surface area contributed by atoms with Crippen molar-refractivity contribution < 1.29 is 0 Å². The molecule has 0 aliphatic heterocycles. The van der Waals surface area contributed by atoms with Crippen molar-refractivity contribution in [2.45, 2.75) is 0 Å². The van der Waals surface area contributed by atoms with Crippen molar-refractivity contribution in [3.8, 4) is 11.4 Å². The number of aromatic nitrogens is 3. The third kappa shape index (κ3) is 1.61. The Balaban J connectivity index is 2.19. The number of imidazole rings is 1. The highest BCUT2D eigenvalue weighted by Crippen LogP contribution is 2.20. The van der Waals surface area contributed by atoms with Crippen molar-refractivity contribution in [1.82, 2.24) is 15.0 Å². The number of nitrogens with one attached hydrogen (secondary N) is 1. The summed E-state index contributed by atoms with van der Waals surface area (Å²) in [5, 5.41) is 0. The molecule has 0 saturated heterocycles. The van der Waals surface area contributed by atoms with Gasteiger partial charge in [0.15, 0.2) is 5.65 Å². The van der Waals surface area contributed by atoms with Crippen molar-refractivity contribution in [1.29, 1.82) is 0 Å². The molecule has 0 aliphatic carbocycles. The van der Waals surface area contributed by atoms with Gasteiger partial charge in [0.05, 0.1) is 5.52 Å². The molecule has 16 heavy (non-hydrogen) atoms. The van der Waals surface area contributed by atoms with Gasteiger partial charge in [-0.3, -0.25) is 0 Å². The fourth-order valence-corrected chi connectivity index (χ4v) is 1.90. The van der Waals surface area contributed by atoms with E-state index in [1.54, 1.807) is 0 Å². The van der Waals surface area contributed by atoms with Crippen molar-refractivity contribution in [3.05, 3.63) is 47.1 Å². The van der Waals surface area contributed by atoms with Gasteiger partial charge in [-0.25, -0.2) is 9.97 Å². The number of nitrogens with zero attached hydrogens (tertiary/aromatic N) is 2. The highest BCUT2D eigenvalue weighted by atomic mass is 79.9. The fourth-order valence-electron chi connectivity index (χ4n) is 1.60. The van der Waals surface area contributed by atoms with Crippen molar-refractivity contribution in [3.63, 3.8) is 0 Å². The minimum atomic E-state index is 0.730. The molecule has 0 bridgehead atoms. The highest BCUT2D eigenvalue weighted by Gasteiger charge is 2.05. The van der Waals surface area contributed by atoms with Crippen LogP contribution in [0.5, 0.6) is 0 Å². The second-order valence-electron chi connectivity index (χ2n) is 3.46. The summed E-state index contributed by atoms with van der Waals surface area (Å²) in [6, 6.07) is 13.9. The lowest BCUT2D eigenvalue weighted by Crippen LogP contribution is -1.78. The molecular formula is C12H8BrN3. The first-order valence-corrected chi connectivity index (χ1v) is 5.70. The van der Waals surface area contributed by atoms with Gasteiger partial charge in [0.25, 0.3) is 0 Å². The molecular weight excluding hydrogens is 266 g/mol. The molecule has 0 atom stereocenters. The standard InChI is InChI=1S/C12H8BrN3/c13-10-7-6-9-12(15-10)16-11(14-9)8-4-2-1-3-5-8/h1-7H,(H,14,15,16). The summed E-state index contributed by atoms with van der Waals surface area (Å²) in [5.41, 5.74) is 2.74. The molecule has 0 amide bonds. The number of benzene rings is 1. The van der Waals surface area contributed by atoms with E-state index in [1.165, 1.54) is 0 Å². The number of hydrogen-bond acceptors (Lipinski definition) is 2. The first kappa shape index (κ1) is 9.54. The lowest BCUT2D eigenvalue weighted by molar-refractivity contribution is 1.28. The second-order valence-corrected chi connectivity index (χ2v) is 4.27. The zero-order valence-corrected chi connectivity index (χ0v) is 9.90. The first-order chi connectivity index (χ1) is 7.83. The van der Waals surface area contributed by atoms with E-state index in [1.807, 2.05) is 42.5 Å². The van der Waals surface area contributed by atoms with Gasteiger partial charge in [-0.1, -0.05) is 30.3 Å². The average molecular weight is 274 g/mol. The Hall–Kier alpha value is -1.68. The van der Waals surface area contributed by atoms with E-state index in [-0.39, 0.29) is 0 Å². The Kier molecular flexibility index (Phi) is 2.22. The number of fused-ring (bicyclic) bond motifs is 1. The molecule has 3 nitrogen and oxygen atoms in total. The molecule has 0 unspecified atom stereocenters. The van der Waals surface area contributed by atoms with Crippen LogP contribution in [-0.4, -0.2) is 15.0 Å². The van der Waals surface area contributed by atoms with Gasteiger partial charge in [-0.05, 0) is 28.1 Å². The molecule has 2 heterocycles. The Labute approximate surface area is 101 Å². The molecule has 4 heteroatoms. The highest BCUT2D eigenvalue weighted by molar-refractivity contribution is 9.10. The van der Waals surface area contributed by atoms with Gasteiger partial charge in [-0.15, -0.1) is 0 Å². The lowest BCUT2D eigenvalue weighted by atomic mass is 10.2. The molecule has 1 N–H and O–H groups in total. The van der Waals surface area contributed by atoms with Gasteiger partial charge in [0, 0.05) is 5.56 Å². The summed E-state index contributed by atoms with van der Waals surface area (Å²) in [6.07, 6.45) is 0. The van der Waals surface area contributed by atoms with Crippen LogP contribution < -0.4 is 0 Å². The van der Waals surface area contributed by atoms with E-state index in [4.69, 9.17) is 0 Å². The van der Waals surface area contributed by atoms with Crippen LogP contribution in [0.3, 0.4) is 0 Å². The quantitative estimate of drug-likeness (QED) is 0.691. The Morgan fingerprint density at radius 2 is 1.75 bits per heavy atom. The molecule has 1 aromatic carbocycles. The van der Waals surface area contributed by atoms with Gasteiger partial charge in [0.1, 0.15) is 10.4 Å². The van der Waals surface area contributed by atoms with Crippen LogP contribution in [0, 0.1) is 0 Å². The Morgan fingerprint density at radius 1 is 0.938 bits per heavy atom. The van der Waals surface area contributed by atoms with Crippen LogP contribution in [0.1, 0.15) is 0 Å². The minimum Gasteiger partial charge on any atom is -0.337 e. The van der Waals surface area contributed by atoms with Crippen LogP contribution in [-0.2, 0) is 0 Å².